The fraction of sp³-hybridized carbons (Fsp3) is 0.278. The van der Waals surface area contributed by atoms with Crippen LogP contribution in [0.1, 0.15) is 29.3 Å². The summed E-state index contributed by atoms with van der Waals surface area (Å²) >= 11 is 0. The van der Waals surface area contributed by atoms with Crippen molar-refractivity contribution in [2.24, 2.45) is 0 Å². The van der Waals surface area contributed by atoms with Crippen LogP contribution >= 0.6 is 0 Å². The summed E-state index contributed by atoms with van der Waals surface area (Å²) in [5.41, 5.74) is 7.90. The molecule has 2 rings (SSSR count). The van der Waals surface area contributed by atoms with Gasteiger partial charge in [0, 0.05) is 12.1 Å². The molecule has 5 heteroatoms. The highest BCUT2D eigenvalue weighted by Gasteiger charge is 2.09. The van der Waals surface area contributed by atoms with E-state index < -0.39 is 0 Å². The first-order valence-corrected chi connectivity index (χ1v) is 7.57. The van der Waals surface area contributed by atoms with Crippen LogP contribution in [0.3, 0.4) is 0 Å². The molecule has 3 N–H and O–H groups in total. The van der Waals surface area contributed by atoms with E-state index in [4.69, 9.17) is 15.2 Å². The molecule has 0 spiro atoms. The van der Waals surface area contributed by atoms with Crippen molar-refractivity contribution in [2.75, 3.05) is 19.5 Å². The molecule has 0 atom stereocenters. The highest BCUT2D eigenvalue weighted by molar-refractivity contribution is 5.95. The van der Waals surface area contributed by atoms with Gasteiger partial charge in [-0.2, -0.15) is 0 Å². The van der Waals surface area contributed by atoms with E-state index in [2.05, 4.69) is 5.32 Å². The van der Waals surface area contributed by atoms with Crippen LogP contribution in [0.2, 0.25) is 0 Å². The Morgan fingerprint density at radius 2 is 1.91 bits per heavy atom. The molecule has 0 saturated heterocycles. The van der Waals surface area contributed by atoms with Crippen LogP contribution in [0.25, 0.3) is 0 Å². The number of rotatable bonds is 7. The van der Waals surface area contributed by atoms with Gasteiger partial charge in [-0.25, -0.2) is 0 Å². The normalized spacial score (nSPS) is 10.2. The first kappa shape index (κ1) is 16.7. The van der Waals surface area contributed by atoms with Gasteiger partial charge in [0.05, 0.1) is 19.4 Å². The van der Waals surface area contributed by atoms with Crippen LogP contribution in [-0.4, -0.2) is 19.6 Å². The molecular formula is C18H22N2O3. The molecule has 2 aromatic rings. The third-order valence-electron chi connectivity index (χ3n) is 3.35. The van der Waals surface area contributed by atoms with Crippen LogP contribution in [-0.2, 0) is 6.54 Å². The van der Waals surface area contributed by atoms with Crippen molar-refractivity contribution in [3.05, 3.63) is 53.6 Å². The lowest BCUT2D eigenvalue weighted by Gasteiger charge is -2.10. The summed E-state index contributed by atoms with van der Waals surface area (Å²) in [6, 6.07) is 12.6. The number of benzene rings is 2. The topological polar surface area (TPSA) is 73.6 Å². The molecule has 5 nitrogen and oxygen atoms in total. The summed E-state index contributed by atoms with van der Waals surface area (Å²) in [6.07, 6.45) is 0.906. The SMILES string of the molecule is CCCOc1ccc(C(=O)NCc2ccc(OC)cc2)cc1N. The Morgan fingerprint density at radius 3 is 2.52 bits per heavy atom. The first-order chi connectivity index (χ1) is 11.1. The number of hydrogen-bond acceptors (Lipinski definition) is 4. The molecule has 0 bridgehead atoms. The molecule has 0 saturated carbocycles. The fourth-order valence-corrected chi connectivity index (χ4v) is 2.06. The first-order valence-electron chi connectivity index (χ1n) is 7.57. The lowest BCUT2D eigenvalue weighted by Crippen LogP contribution is -2.22. The van der Waals surface area contributed by atoms with Crippen molar-refractivity contribution in [3.8, 4) is 11.5 Å². The van der Waals surface area contributed by atoms with Crippen molar-refractivity contribution < 1.29 is 14.3 Å². The summed E-state index contributed by atoms with van der Waals surface area (Å²) < 4.78 is 10.6. The maximum atomic E-state index is 12.2. The predicted molar refractivity (Wildman–Crippen MR) is 90.8 cm³/mol. The number of carbonyl (C=O) groups is 1. The van der Waals surface area contributed by atoms with E-state index in [1.54, 1.807) is 25.3 Å². The van der Waals surface area contributed by atoms with E-state index in [1.165, 1.54) is 0 Å². The molecule has 23 heavy (non-hydrogen) atoms. The predicted octanol–water partition coefficient (Wildman–Crippen LogP) is 3.00. The van der Waals surface area contributed by atoms with Gasteiger partial charge in [0.15, 0.2) is 0 Å². The zero-order valence-corrected chi connectivity index (χ0v) is 13.5. The van der Waals surface area contributed by atoms with Gasteiger partial charge in [0.1, 0.15) is 11.5 Å². The van der Waals surface area contributed by atoms with Crippen molar-refractivity contribution >= 4 is 11.6 Å². The second-order valence-corrected chi connectivity index (χ2v) is 5.13. The van der Waals surface area contributed by atoms with Crippen LogP contribution < -0.4 is 20.5 Å². The zero-order chi connectivity index (χ0) is 16.7. The number of carbonyl (C=O) groups excluding carboxylic acids is 1. The molecule has 0 aliphatic rings. The number of amides is 1. The number of methoxy groups -OCH3 is 1. The number of nitrogen functional groups attached to an aromatic ring is 1. The van der Waals surface area contributed by atoms with Crippen molar-refractivity contribution in [1.82, 2.24) is 5.32 Å². The molecule has 122 valence electrons. The average molecular weight is 314 g/mol. The number of nitrogens with one attached hydrogen (secondary N) is 1. The van der Waals surface area contributed by atoms with E-state index in [1.807, 2.05) is 31.2 Å². The van der Waals surface area contributed by atoms with Gasteiger partial charge in [-0.15, -0.1) is 0 Å². The number of ether oxygens (including phenoxy) is 2. The van der Waals surface area contributed by atoms with Crippen LogP contribution in [0.4, 0.5) is 5.69 Å². The Labute approximate surface area is 136 Å². The number of hydrogen-bond donors (Lipinski definition) is 2. The standard InChI is InChI=1S/C18H22N2O3/c1-3-10-23-17-9-6-14(11-16(17)19)18(21)20-12-13-4-7-15(22-2)8-5-13/h4-9,11H,3,10,12,19H2,1-2H3,(H,20,21). The average Bonchev–Trinajstić information content (AvgIpc) is 2.59. The van der Waals surface area contributed by atoms with E-state index in [0.29, 0.717) is 30.2 Å². The minimum absolute atomic E-state index is 0.172. The molecular weight excluding hydrogens is 292 g/mol. The largest absolute Gasteiger partial charge is 0.497 e. The van der Waals surface area contributed by atoms with Crippen LogP contribution in [0.5, 0.6) is 11.5 Å². The third-order valence-corrected chi connectivity index (χ3v) is 3.35. The Balaban J connectivity index is 1.95. The summed E-state index contributed by atoms with van der Waals surface area (Å²) in [6.45, 7) is 3.07. The van der Waals surface area contributed by atoms with Gasteiger partial charge in [-0.05, 0) is 42.3 Å². The van der Waals surface area contributed by atoms with E-state index >= 15 is 0 Å². The Morgan fingerprint density at radius 1 is 1.17 bits per heavy atom. The highest BCUT2D eigenvalue weighted by atomic mass is 16.5. The van der Waals surface area contributed by atoms with E-state index in [-0.39, 0.29) is 5.91 Å². The summed E-state index contributed by atoms with van der Waals surface area (Å²) in [7, 11) is 1.62. The molecule has 0 aliphatic carbocycles. The fourth-order valence-electron chi connectivity index (χ4n) is 2.06. The maximum Gasteiger partial charge on any atom is 0.251 e. The minimum Gasteiger partial charge on any atom is -0.497 e. The molecule has 0 aromatic heterocycles. The second-order valence-electron chi connectivity index (χ2n) is 5.13. The molecule has 0 radical (unpaired) electrons. The quantitative estimate of drug-likeness (QED) is 0.771. The summed E-state index contributed by atoms with van der Waals surface area (Å²) in [4.78, 5) is 12.2. The van der Waals surface area contributed by atoms with Crippen LogP contribution in [0.15, 0.2) is 42.5 Å². The molecule has 0 unspecified atom stereocenters. The molecule has 0 fully saturated rings. The monoisotopic (exact) mass is 314 g/mol. The van der Waals surface area contributed by atoms with Gasteiger partial charge in [0.2, 0.25) is 0 Å². The minimum atomic E-state index is -0.172. The highest BCUT2D eigenvalue weighted by Crippen LogP contribution is 2.22. The van der Waals surface area contributed by atoms with Gasteiger partial charge in [0.25, 0.3) is 5.91 Å². The molecule has 2 aromatic carbocycles. The molecule has 0 heterocycles. The molecule has 0 aliphatic heterocycles. The van der Waals surface area contributed by atoms with Gasteiger partial charge >= 0.3 is 0 Å². The molecule has 1 amide bonds. The van der Waals surface area contributed by atoms with Gasteiger partial charge in [-0.3, -0.25) is 4.79 Å². The van der Waals surface area contributed by atoms with E-state index in [9.17, 15) is 4.79 Å². The van der Waals surface area contributed by atoms with Gasteiger partial charge < -0.3 is 20.5 Å². The summed E-state index contributed by atoms with van der Waals surface area (Å²) in [5, 5.41) is 2.87. The van der Waals surface area contributed by atoms with Crippen molar-refractivity contribution in [1.29, 1.82) is 0 Å². The maximum absolute atomic E-state index is 12.2. The van der Waals surface area contributed by atoms with E-state index in [0.717, 1.165) is 17.7 Å². The van der Waals surface area contributed by atoms with Crippen molar-refractivity contribution in [2.45, 2.75) is 19.9 Å². The second kappa shape index (κ2) is 8.08. The smallest absolute Gasteiger partial charge is 0.251 e. The number of nitrogens with two attached hydrogens (primary N) is 1. The van der Waals surface area contributed by atoms with Gasteiger partial charge in [-0.1, -0.05) is 19.1 Å². The number of anilines is 1. The Hall–Kier alpha value is -2.69. The lowest BCUT2D eigenvalue weighted by molar-refractivity contribution is 0.0951. The Kier molecular flexibility index (Phi) is 5.86. The zero-order valence-electron chi connectivity index (χ0n) is 13.5. The van der Waals surface area contributed by atoms with Crippen molar-refractivity contribution in [3.63, 3.8) is 0 Å². The lowest BCUT2D eigenvalue weighted by atomic mass is 10.1. The summed E-state index contributed by atoms with van der Waals surface area (Å²) in [5.74, 6) is 1.23. The van der Waals surface area contributed by atoms with Crippen LogP contribution in [0, 0.1) is 0 Å². The third kappa shape index (κ3) is 4.64. The Bertz CT molecular complexity index is 654.